The molecule has 2 heterocycles. The molecule has 1 fully saturated rings. The van der Waals surface area contributed by atoms with Gasteiger partial charge in [0.05, 0.1) is 4.88 Å². The van der Waals surface area contributed by atoms with E-state index in [4.69, 9.17) is 0 Å². The van der Waals surface area contributed by atoms with Gasteiger partial charge in [-0.1, -0.05) is 56.3 Å². The Balaban J connectivity index is 1.41. The SMILES string of the molecule is CC(C)C(NC(=O)c1cccs1)C(=O)N1CCN(C(=O)c2cccc3ccccc23)CC1. The maximum absolute atomic E-state index is 13.2. The fourth-order valence-electron chi connectivity index (χ4n) is 4.04. The molecule has 0 aliphatic carbocycles. The van der Waals surface area contributed by atoms with Crippen LogP contribution in [0.25, 0.3) is 10.8 Å². The Morgan fingerprint density at radius 3 is 2.25 bits per heavy atom. The van der Waals surface area contributed by atoms with Crippen LogP contribution in [-0.2, 0) is 4.79 Å². The molecular weight excluding hydrogens is 422 g/mol. The number of amides is 3. The molecule has 166 valence electrons. The van der Waals surface area contributed by atoms with Crippen LogP contribution >= 0.6 is 11.3 Å². The smallest absolute Gasteiger partial charge is 0.262 e. The van der Waals surface area contributed by atoms with Crippen LogP contribution in [0.2, 0.25) is 0 Å². The van der Waals surface area contributed by atoms with Crippen molar-refractivity contribution in [3.63, 3.8) is 0 Å². The third-order valence-electron chi connectivity index (χ3n) is 5.86. The van der Waals surface area contributed by atoms with Gasteiger partial charge < -0.3 is 15.1 Å². The molecule has 0 saturated carbocycles. The standard InChI is InChI=1S/C25H27N3O3S/c1-17(2)22(26-23(29)21-11-6-16-32-21)25(31)28-14-12-27(13-15-28)24(30)20-10-5-8-18-7-3-4-9-19(18)20/h3-11,16-17,22H,12-15H2,1-2H3,(H,26,29). The van der Waals surface area contributed by atoms with Gasteiger partial charge in [-0.3, -0.25) is 14.4 Å². The van der Waals surface area contributed by atoms with Crippen molar-refractivity contribution in [2.24, 2.45) is 5.92 Å². The van der Waals surface area contributed by atoms with Gasteiger partial charge >= 0.3 is 0 Å². The lowest BCUT2D eigenvalue weighted by Gasteiger charge is -2.37. The summed E-state index contributed by atoms with van der Waals surface area (Å²) >= 11 is 1.35. The third-order valence-corrected chi connectivity index (χ3v) is 6.73. The molecule has 0 spiro atoms. The molecule has 3 amide bonds. The number of fused-ring (bicyclic) bond motifs is 1. The second-order valence-corrected chi connectivity index (χ2v) is 9.26. The number of piperazine rings is 1. The molecule has 1 N–H and O–H groups in total. The highest BCUT2D eigenvalue weighted by Crippen LogP contribution is 2.21. The molecule has 0 radical (unpaired) electrons. The number of nitrogens with zero attached hydrogens (tertiary/aromatic N) is 2. The van der Waals surface area contributed by atoms with Crippen molar-refractivity contribution in [3.05, 3.63) is 70.4 Å². The summed E-state index contributed by atoms with van der Waals surface area (Å²) in [6.07, 6.45) is 0. The van der Waals surface area contributed by atoms with E-state index < -0.39 is 6.04 Å². The molecule has 1 saturated heterocycles. The summed E-state index contributed by atoms with van der Waals surface area (Å²) in [6, 6.07) is 16.6. The van der Waals surface area contributed by atoms with Gasteiger partial charge in [0.1, 0.15) is 6.04 Å². The van der Waals surface area contributed by atoms with Crippen molar-refractivity contribution in [1.82, 2.24) is 15.1 Å². The van der Waals surface area contributed by atoms with Crippen LogP contribution in [0.5, 0.6) is 0 Å². The highest BCUT2D eigenvalue weighted by molar-refractivity contribution is 7.12. The number of nitrogens with one attached hydrogen (secondary N) is 1. The zero-order valence-electron chi connectivity index (χ0n) is 18.3. The lowest BCUT2D eigenvalue weighted by molar-refractivity contribution is -0.135. The summed E-state index contributed by atoms with van der Waals surface area (Å²) in [5.74, 6) is -0.374. The van der Waals surface area contributed by atoms with E-state index in [1.165, 1.54) is 11.3 Å². The van der Waals surface area contributed by atoms with Gasteiger partial charge in [0.2, 0.25) is 5.91 Å². The quantitative estimate of drug-likeness (QED) is 0.647. The zero-order chi connectivity index (χ0) is 22.7. The van der Waals surface area contributed by atoms with Crippen molar-refractivity contribution < 1.29 is 14.4 Å². The molecule has 1 aromatic heterocycles. The first-order valence-electron chi connectivity index (χ1n) is 10.9. The summed E-state index contributed by atoms with van der Waals surface area (Å²) in [5, 5.41) is 6.71. The average molecular weight is 450 g/mol. The Labute approximate surface area is 191 Å². The number of benzene rings is 2. The van der Waals surface area contributed by atoms with E-state index in [2.05, 4.69) is 5.32 Å². The first-order valence-corrected chi connectivity index (χ1v) is 11.7. The van der Waals surface area contributed by atoms with Crippen LogP contribution in [0.3, 0.4) is 0 Å². The number of thiophene rings is 1. The maximum Gasteiger partial charge on any atom is 0.262 e. The summed E-state index contributed by atoms with van der Waals surface area (Å²) < 4.78 is 0. The van der Waals surface area contributed by atoms with E-state index in [0.717, 1.165) is 10.8 Å². The van der Waals surface area contributed by atoms with Crippen LogP contribution < -0.4 is 5.32 Å². The highest BCUT2D eigenvalue weighted by Gasteiger charge is 2.32. The fraction of sp³-hybridized carbons (Fsp3) is 0.320. The minimum absolute atomic E-state index is 0.0136. The lowest BCUT2D eigenvalue weighted by Crippen LogP contribution is -2.57. The second kappa shape index (κ2) is 9.53. The second-order valence-electron chi connectivity index (χ2n) is 8.32. The van der Waals surface area contributed by atoms with Crippen molar-refractivity contribution in [1.29, 1.82) is 0 Å². The van der Waals surface area contributed by atoms with Gasteiger partial charge in [-0.05, 0) is 34.2 Å². The van der Waals surface area contributed by atoms with Crippen LogP contribution in [0.1, 0.15) is 33.9 Å². The van der Waals surface area contributed by atoms with Gasteiger partial charge in [0.15, 0.2) is 0 Å². The number of hydrogen-bond acceptors (Lipinski definition) is 4. The minimum Gasteiger partial charge on any atom is -0.339 e. The Bertz CT molecular complexity index is 1110. The number of rotatable bonds is 5. The number of carbonyl (C=O) groups excluding carboxylic acids is 3. The normalized spacial score (nSPS) is 15.1. The molecule has 4 rings (SSSR count). The zero-order valence-corrected chi connectivity index (χ0v) is 19.1. The Morgan fingerprint density at radius 2 is 1.56 bits per heavy atom. The monoisotopic (exact) mass is 449 g/mol. The van der Waals surface area contributed by atoms with Gasteiger partial charge in [-0.15, -0.1) is 11.3 Å². The molecule has 1 aliphatic rings. The Hall–Kier alpha value is -3.19. The van der Waals surface area contributed by atoms with E-state index in [9.17, 15) is 14.4 Å². The van der Waals surface area contributed by atoms with Crippen LogP contribution in [0.4, 0.5) is 0 Å². The molecule has 7 heteroatoms. The van der Waals surface area contributed by atoms with Gasteiger partial charge in [-0.25, -0.2) is 0 Å². The molecule has 1 aliphatic heterocycles. The summed E-state index contributed by atoms with van der Waals surface area (Å²) in [7, 11) is 0. The molecular formula is C25H27N3O3S. The third kappa shape index (κ3) is 4.53. The molecule has 6 nitrogen and oxygen atoms in total. The molecule has 0 bridgehead atoms. The molecule has 3 aromatic rings. The largest absolute Gasteiger partial charge is 0.339 e. The Morgan fingerprint density at radius 1 is 0.875 bits per heavy atom. The van der Waals surface area contributed by atoms with Crippen molar-refractivity contribution in [2.75, 3.05) is 26.2 Å². The van der Waals surface area contributed by atoms with E-state index in [0.29, 0.717) is 36.6 Å². The summed E-state index contributed by atoms with van der Waals surface area (Å²) in [4.78, 5) is 43.0. The first-order chi connectivity index (χ1) is 15.5. The summed E-state index contributed by atoms with van der Waals surface area (Å²) in [5.41, 5.74) is 0.686. The van der Waals surface area contributed by atoms with Gasteiger partial charge in [0.25, 0.3) is 11.8 Å². The minimum atomic E-state index is -0.593. The van der Waals surface area contributed by atoms with Crippen LogP contribution in [0, 0.1) is 5.92 Å². The lowest BCUT2D eigenvalue weighted by atomic mass is 10.0. The van der Waals surface area contributed by atoms with Crippen molar-refractivity contribution >= 4 is 39.8 Å². The van der Waals surface area contributed by atoms with Crippen molar-refractivity contribution in [3.8, 4) is 0 Å². The topological polar surface area (TPSA) is 69.7 Å². The number of hydrogen-bond donors (Lipinski definition) is 1. The van der Waals surface area contributed by atoms with Gasteiger partial charge in [0, 0.05) is 31.7 Å². The maximum atomic E-state index is 13.2. The molecule has 2 aromatic carbocycles. The average Bonchev–Trinajstić information content (AvgIpc) is 3.36. The van der Waals surface area contributed by atoms with Crippen LogP contribution in [-0.4, -0.2) is 59.7 Å². The Kier molecular flexibility index (Phi) is 6.55. The predicted molar refractivity (Wildman–Crippen MR) is 127 cm³/mol. The van der Waals surface area contributed by atoms with E-state index in [1.807, 2.05) is 67.8 Å². The number of carbonyl (C=O) groups is 3. The highest BCUT2D eigenvalue weighted by atomic mass is 32.1. The van der Waals surface area contributed by atoms with E-state index >= 15 is 0 Å². The molecule has 1 unspecified atom stereocenters. The summed E-state index contributed by atoms with van der Waals surface area (Å²) in [6.45, 7) is 5.70. The molecule has 32 heavy (non-hydrogen) atoms. The van der Waals surface area contributed by atoms with E-state index in [-0.39, 0.29) is 23.6 Å². The van der Waals surface area contributed by atoms with E-state index in [1.54, 1.807) is 15.9 Å². The predicted octanol–water partition coefficient (Wildman–Crippen LogP) is 3.64. The van der Waals surface area contributed by atoms with Gasteiger partial charge in [-0.2, -0.15) is 0 Å². The molecule has 1 atom stereocenters. The fourth-order valence-corrected chi connectivity index (χ4v) is 4.67. The van der Waals surface area contributed by atoms with Crippen LogP contribution in [0.15, 0.2) is 60.0 Å². The van der Waals surface area contributed by atoms with Crippen molar-refractivity contribution in [2.45, 2.75) is 19.9 Å². The first kappa shape index (κ1) is 22.0.